The molecular weight excluding hydrogens is 320 g/mol. The van der Waals surface area contributed by atoms with Gasteiger partial charge in [-0.05, 0) is 18.8 Å². The number of amides is 1. The molecule has 1 aromatic heterocycles. The maximum absolute atomic E-state index is 12.2. The summed E-state index contributed by atoms with van der Waals surface area (Å²) in [6.07, 6.45) is 3.52. The van der Waals surface area contributed by atoms with Crippen LogP contribution in [0.2, 0.25) is 0 Å². The number of hydrogen-bond acceptors (Lipinski definition) is 6. The highest BCUT2D eigenvalue weighted by atomic mass is 32.2. The molecule has 0 saturated heterocycles. The molecule has 9 heteroatoms. The molecule has 1 unspecified atom stereocenters. The Morgan fingerprint density at radius 3 is 2.74 bits per heavy atom. The van der Waals surface area contributed by atoms with Crippen LogP contribution in [0.3, 0.4) is 0 Å². The summed E-state index contributed by atoms with van der Waals surface area (Å²) in [4.78, 5) is 13.8. The lowest BCUT2D eigenvalue weighted by atomic mass is 9.99. The average molecular weight is 342 g/mol. The van der Waals surface area contributed by atoms with Crippen LogP contribution in [-0.4, -0.2) is 66.0 Å². The molecule has 0 radical (unpaired) electrons. The van der Waals surface area contributed by atoms with Crippen molar-refractivity contribution in [2.24, 2.45) is 13.0 Å². The second-order valence-electron chi connectivity index (χ2n) is 6.57. The molecule has 0 aromatic carbocycles. The minimum atomic E-state index is -3.35. The molecule has 1 atom stereocenters. The van der Waals surface area contributed by atoms with Crippen molar-refractivity contribution in [3.8, 4) is 0 Å². The molecule has 1 aliphatic carbocycles. The largest absolute Gasteiger partial charge is 0.380 e. The highest BCUT2D eigenvalue weighted by Crippen LogP contribution is 2.31. The number of fused-ring (bicyclic) bond motifs is 1. The van der Waals surface area contributed by atoms with Gasteiger partial charge in [0.05, 0.1) is 18.8 Å². The number of carbonyl (C=O) groups excluding carboxylic acids is 1. The van der Waals surface area contributed by atoms with Crippen molar-refractivity contribution >= 4 is 15.7 Å². The normalized spacial score (nSPS) is 21.3. The van der Waals surface area contributed by atoms with Crippen molar-refractivity contribution < 1.29 is 17.9 Å². The van der Waals surface area contributed by atoms with Gasteiger partial charge in [0.1, 0.15) is 11.4 Å². The van der Waals surface area contributed by atoms with E-state index in [1.54, 1.807) is 9.58 Å². The van der Waals surface area contributed by atoms with Gasteiger partial charge in [0.25, 0.3) is 0 Å². The number of aromatic nitrogens is 3. The molecular formula is C14H22N4O4S. The lowest BCUT2D eigenvalue weighted by Crippen LogP contribution is -2.42. The van der Waals surface area contributed by atoms with E-state index in [0.717, 1.165) is 24.3 Å². The molecule has 8 nitrogen and oxygen atoms in total. The van der Waals surface area contributed by atoms with Gasteiger partial charge in [0.15, 0.2) is 9.84 Å². The van der Waals surface area contributed by atoms with Crippen LogP contribution in [0.25, 0.3) is 0 Å². The average Bonchev–Trinajstić information content (AvgIpc) is 3.19. The van der Waals surface area contributed by atoms with Crippen LogP contribution in [-0.2, 0) is 33.0 Å². The molecule has 2 aliphatic rings. The van der Waals surface area contributed by atoms with Crippen LogP contribution in [0.4, 0.5) is 0 Å². The molecule has 0 bridgehead atoms. The maximum Gasteiger partial charge on any atom is 0.238 e. The Bertz CT molecular complexity index is 696. The van der Waals surface area contributed by atoms with Gasteiger partial charge in [0, 0.05) is 32.4 Å². The van der Waals surface area contributed by atoms with E-state index < -0.39 is 21.5 Å². The van der Waals surface area contributed by atoms with Gasteiger partial charge in [0.2, 0.25) is 5.91 Å². The lowest BCUT2D eigenvalue weighted by Gasteiger charge is -2.32. The van der Waals surface area contributed by atoms with Crippen LogP contribution in [0.1, 0.15) is 30.1 Å². The first kappa shape index (κ1) is 16.4. The summed E-state index contributed by atoms with van der Waals surface area (Å²) >= 11 is 0. The van der Waals surface area contributed by atoms with E-state index >= 15 is 0 Å². The highest BCUT2D eigenvalue weighted by molar-refractivity contribution is 7.91. The molecule has 23 heavy (non-hydrogen) atoms. The van der Waals surface area contributed by atoms with E-state index in [1.807, 2.05) is 7.05 Å². The monoisotopic (exact) mass is 342 g/mol. The quantitative estimate of drug-likeness (QED) is 0.705. The number of aryl methyl sites for hydroxylation is 1. The number of rotatable bonds is 6. The van der Waals surface area contributed by atoms with Crippen molar-refractivity contribution in [3.05, 3.63) is 11.4 Å². The highest BCUT2D eigenvalue weighted by Gasteiger charge is 2.33. The second kappa shape index (κ2) is 6.20. The van der Waals surface area contributed by atoms with Gasteiger partial charge in [-0.25, -0.2) is 8.42 Å². The number of nitrogens with zero attached hydrogens (tertiary/aromatic N) is 4. The Hall–Kier alpha value is -1.48. The summed E-state index contributed by atoms with van der Waals surface area (Å²) in [6.45, 7) is 1.98. The molecule has 0 N–H and O–H groups in total. The summed E-state index contributed by atoms with van der Waals surface area (Å²) < 4.78 is 30.2. The second-order valence-corrected chi connectivity index (χ2v) is 8.71. The Morgan fingerprint density at radius 2 is 2.09 bits per heavy atom. The van der Waals surface area contributed by atoms with E-state index in [-0.39, 0.29) is 5.92 Å². The van der Waals surface area contributed by atoms with Crippen LogP contribution in [0.15, 0.2) is 0 Å². The van der Waals surface area contributed by atoms with Crippen molar-refractivity contribution in [2.75, 3.05) is 31.8 Å². The van der Waals surface area contributed by atoms with Crippen LogP contribution in [0.5, 0.6) is 0 Å². The number of sulfone groups is 1. The van der Waals surface area contributed by atoms with Gasteiger partial charge in [-0.15, -0.1) is 5.10 Å². The fraction of sp³-hybridized carbons (Fsp3) is 0.786. The van der Waals surface area contributed by atoms with E-state index in [9.17, 15) is 13.2 Å². The van der Waals surface area contributed by atoms with Gasteiger partial charge in [-0.2, -0.15) is 0 Å². The zero-order valence-electron chi connectivity index (χ0n) is 13.4. The van der Waals surface area contributed by atoms with Gasteiger partial charge in [-0.3, -0.25) is 9.48 Å². The predicted octanol–water partition coefficient (Wildman–Crippen LogP) is -0.288. The molecule has 1 aromatic rings. The van der Waals surface area contributed by atoms with Gasteiger partial charge in [-0.1, -0.05) is 5.21 Å². The van der Waals surface area contributed by atoms with E-state index in [0.29, 0.717) is 25.6 Å². The predicted molar refractivity (Wildman–Crippen MR) is 82.4 cm³/mol. The third kappa shape index (κ3) is 4.08. The minimum absolute atomic E-state index is 0.0268. The molecule has 3 rings (SSSR count). The molecule has 0 spiro atoms. The maximum atomic E-state index is 12.2. The number of ether oxygens (including phenoxy) is 1. The minimum Gasteiger partial charge on any atom is -0.380 e. The fourth-order valence-corrected chi connectivity index (χ4v) is 3.55. The topological polar surface area (TPSA) is 94.4 Å². The summed E-state index contributed by atoms with van der Waals surface area (Å²) in [5.41, 5.74) is 1.70. The third-order valence-corrected chi connectivity index (χ3v) is 4.99. The van der Waals surface area contributed by atoms with Crippen LogP contribution >= 0.6 is 0 Å². The van der Waals surface area contributed by atoms with E-state index in [4.69, 9.17) is 4.74 Å². The van der Waals surface area contributed by atoms with Crippen molar-refractivity contribution in [1.29, 1.82) is 0 Å². The summed E-state index contributed by atoms with van der Waals surface area (Å²) in [6, 6.07) is 0. The van der Waals surface area contributed by atoms with Crippen LogP contribution < -0.4 is 0 Å². The smallest absolute Gasteiger partial charge is 0.238 e. The number of carbonyl (C=O) groups is 1. The molecule has 1 amide bonds. The molecule has 1 saturated carbocycles. The van der Waals surface area contributed by atoms with Crippen molar-refractivity contribution in [1.82, 2.24) is 19.9 Å². The summed E-state index contributed by atoms with van der Waals surface area (Å²) in [5.74, 6) is -0.221. The Kier molecular flexibility index (Phi) is 4.41. The standard InChI is InChI=1S/C14H22N4O4S/c1-17-14-11(8-22-7-10-3-4-10)5-18(6-12(14)15-16-17)13(19)9-23(2,20)21/h10-11H,3-9H2,1-2H3. The van der Waals surface area contributed by atoms with E-state index in [1.165, 1.54) is 12.8 Å². The lowest BCUT2D eigenvalue weighted by molar-refractivity contribution is -0.130. The Balaban J connectivity index is 1.71. The first-order valence-corrected chi connectivity index (χ1v) is 9.81. The SMILES string of the molecule is Cn1nnc2c1C(COCC1CC1)CN(C(=O)CS(C)(=O)=O)C2. The molecule has 2 heterocycles. The van der Waals surface area contributed by atoms with Crippen molar-refractivity contribution in [3.63, 3.8) is 0 Å². The Morgan fingerprint density at radius 1 is 1.35 bits per heavy atom. The zero-order chi connectivity index (χ0) is 16.6. The molecule has 1 aliphatic heterocycles. The third-order valence-electron chi connectivity index (χ3n) is 4.22. The van der Waals surface area contributed by atoms with Gasteiger partial charge >= 0.3 is 0 Å². The zero-order valence-corrected chi connectivity index (χ0v) is 14.3. The fourth-order valence-electron chi connectivity index (χ4n) is 2.92. The number of hydrogen-bond donors (Lipinski definition) is 0. The molecule has 128 valence electrons. The Labute approximate surface area is 135 Å². The first-order chi connectivity index (χ1) is 10.8. The summed E-state index contributed by atoms with van der Waals surface area (Å²) in [7, 11) is -1.52. The van der Waals surface area contributed by atoms with Crippen LogP contribution in [0, 0.1) is 5.92 Å². The van der Waals surface area contributed by atoms with E-state index in [2.05, 4.69) is 10.3 Å². The molecule has 1 fully saturated rings. The summed E-state index contributed by atoms with van der Waals surface area (Å²) in [5, 5.41) is 8.13. The van der Waals surface area contributed by atoms with Gasteiger partial charge < -0.3 is 9.64 Å². The first-order valence-electron chi connectivity index (χ1n) is 7.75. The van der Waals surface area contributed by atoms with Crippen molar-refractivity contribution in [2.45, 2.75) is 25.3 Å².